The van der Waals surface area contributed by atoms with Gasteiger partial charge in [0.05, 0.1) is 11.8 Å². The molecule has 0 aromatic carbocycles. The predicted molar refractivity (Wildman–Crippen MR) is 83.1 cm³/mol. The van der Waals surface area contributed by atoms with Gasteiger partial charge in [-0.1, -0.05) is 13.8 Å². The van der Waals surface area contributed by atoms with E-state index in [4.69, 9.17) is 0 Å². The van der Waals surface area contributed by atoms with Gasteiger partial charge in [0.2, 0.25) is 0 Å². The molecular formula is C15H28N4O2. The van der Waals surface area contributed by atoms with Crippen LogP contribution < -0.4 is 5.32 Å². The quantitative estimate of drug-likeness (QED) is 0.800. The number of aliphatic hydroxyl groups excluding tert-OH is 1. The standard InChI is InChI=1S/C15H28N4O2/c1-6-13-12(14(7-2)19(5)17-13)10-16-15(21)18(4)9-8-11(3)20/h11,20H,6-10H2,1-5H3,(H,16,21). The van der Waals surface area contributed by atoms with Crippen LogP contribution in [0.25, 0.3) is 0 Å². The Morgan fingerprint density at radius 3 is 2.62 bits per heavy atom. The maximum absolute atomic E-state index is 12.0. The predicted octanol–water partition coefficient (Wildman–Crippen LogP) is 1.46. The molecule has 0 fully saturated rings. The Morgan fingerprint density at radius 2 is 2.10 bits per heavy atom. The molecule has 0 aliphatic rings. The second kappa shape index (κ2) is 8.02. The van der Waals surface area contributed by atoms with E-state index in [-0.39, 0.29) is 6.03 Å². The molecule has 6 heteroatoms. The Morgan fingerprint density at radius 1 is 1.43 bits per heavy atom. The molecule has 1 atom stereocenters. The van der Waals surface area contributed by atoms with Crippen molar-refractivity contribution in [3.05, 3.63) is 17.0 Å². The second-order valence-electron chi connectivity index (χ2n) is 5.42. The number of aryl methyl sites for hydroxylation is 2. The zero-order valence-electron chi connectivity index (χ0n) is 13.8. The molecule has 0 bridgehead atoms. The number of amides is 2. The number of hydrogen-bond donors (Lipinski definition) is 2. The molecule has 0 aliphatic carbocycles. The van der Waals surface area contributed by atoms with E-state index in [0.29, 0.717) is 19.5 Å². The van der Waals surface area contributed by atoms with Crippen LogP contribution in [0.5, 0.6) is 0 Å². The van der Waals surface area contributed by atoms with Gasteiger partial charge in [0.15, 0.2) is 0 Å². The molecule has 1 unspecified atom stereocenters. The topological polar surface area (TPSA) is 70.4 Å². The van der Waals surface area contributed by atoms with Gasteiger partial charge in [-0.15, -0.1) is 0 Å². The highest BCUT2D eigenvalue weighted by Gasteiger charge is 2.15. The van der Waals surface area contributed by atoms with E-state index in [1.165, 1.54) is 5.69 Å². The number of carbonyl (C=O) groups is 1. The molecule has 0 radical (unpaired) electrons. The van der Waals surface area contributed by atoms with Crippen LogP contribution in [0, 0.1) is 0 Å². The number of nitrogens with zero attached hydrogens (tertiary/aromatic N) is 3. The van der Waals surface area contributed by atoms with Gasteiger partial charge in [-0.3, -0.25) is 4.68 Å². The van der Waals surface area contributed by atoms with Crippen molar-refractivity contribution in [3.63, 3.8) is 0 Å². The van der Waals surface area contributed by atoms with Gasteiger partial charge in [-0.05, 0) is 26.2 Å². The SMILES string of the molecule is CCc1nn(C)c(CC)c1CNC(=O)N(C)CCC(C)O. The fourth-order valence-electron chi connectivity index (χ4n) is 2.38. The lowest BCUT2D eigenvalue weighted by atomic mass is 10.1. The molecule has 1 aromatic heterocycles. The van der Waals surface area contributed by atoms with Gasteiger partial charge in [-0.2, -0.15) is 5.10 Å². The summed E-state index contributed by atoms with van der Waals surface area (Å²) in [4.78, 5) is 13.6. The summed E-state index contributed by atoms with van der Waals surface area (Å²) >= 11 is 0. The lowest BCUT2D eigenvalue weighted by Crippen LogP contribution is -2.38. The maximum Gasteiger partial charge on any atom is 0.317 e. The minimum absolute atomic E-state index is 0.122. The normalized spacial score (nSPS) is 12.3. The van der Waals surface area contributed by atoms with E-state index < -0.39 is 6.10 Å². The number of carbonyl (C=O) groups excluding carboxylic acids is 1. The Labute approximate surface area is 127 Å². The van der Waals surface area contributed by atoms with E-state index >= 15 is 0 Å². The first-order valence-corrected chi connectivity index (χ1v) is 7.61. The third-order valence-electron chi connectivity index (χ3n) is 3.67. The van der Waals surface area contributed by atoms with Gasteiger partial charge in [0.25, 0.3) is 0 Å². The number of aromatic nitrogens is 2. The highest BCUT2D eigenvalue weighted by Crippen LogP contribution is 2.15. The summed E-state index contributed by atoms with van der Waals surface area (Å²) < 4.78 is 1.90. The van der Waals surface area contributed by atoms with Crippen molar-refractivity contribution in [1.29, 1.82) is 0 Å². The van der Waals surface area contributed by atoms with Crippen LogP contribution in [-0.4, -0.2) is 45.5 Å². The highest BCUT2D eigenvalue weighted by molar-refractivity contribution is 5.73. The van der Waals surface area contributed by atoms with Crippen molar-refractivity contribution in [3.8, 4) is 0 Å². The van der Waals surface area contributed by atoms with Gasteiger partial charge in [0.1, 0.15) is 0 Å². The Hall–Kier alpha value is -1.56. The number of rotatable bonds is 7. The maximum atomic E-state index is 12.0. The Bertz CT molecular complexity index is 468. The first kappa shape index (κ1) is 17.5. The molecule has 0 aliphatic heterocycles. The first-order valence-electron chi connectivity index (χ1n) is 7.61. The van der Waals surface area contributed by atoms with Gasteiger partial charge < -0.3 is 15.3 Å². The van der Waals surface area contributed by atoms with E-state index in [9.17, 15) is 9.90 Å². The zero-order valence-corrected chi connectivity index (χ0v) is 13.8. The van der Waals surface area contributed by atoms with Crippen LogP contribution in [0.1, 0.15) is 44.1 Å². The lowest BCUT2D eigenvalue weighted by molar-refractivity contribution is 0.163. The number of nitrogens with one attached hydrogen (secondary N) is 1. The highest BCUT2D eigenvalue weighted by atomic mass is 16.3. The summed E-state index contributed by atoms with van der Waals surface area (Å²) in [5.74, 6) is 0. The molecule has 0 saturated carbocycles. The summed E-state index contributed by atoms with van der Waals surface area (Å²) in [5, 5.41) is 16.7. The summed E-state index contributed by atoms with van der Waals surface area (Å²) in [5.41, 5.74) is 3.33. The van der Waals surface area contributed by atoms with Gasteiger partial charge in [0, 0.05) is 38.4 Å². The van der Waals surface area contributed by atoms with Crippen LogP contribution in [-0.2, 0) is 26.4 Å². The molecule has 6 nitrogen and oxygen atoms in total. The smallest absolute Gasteiger partial charge is 0.317 e. The van der Waals surface area contributed by atoms with E-state index in [1.54, 1.807) is 18.9 Å². The van der Waals surface area contributed by atoms with Crippen LogP contribution >= 0.6 is 0 Å². The number of aliphatic hydroxyl groups is 1. The van der Waals surface area contributed by atoms with E-state index in [0.717, 1.165) is 24.1 Å². The fourth-order valence-corrected chi connectivity index (χ4v) is 2.38. The largest absolute Gasteiger partial charge is 0.393 e. The average Bonchev–Trinajstić information content (AvgIpc) is 2.76. The Kier molecular flexibility index (Phi) is 6.68. The van der Waals surface area contributed by atoms with Gasteiger partial charge >= 0.3 is 6.03 Å². The van der Waals surface area contributed by atoms with Crippen LogP contribution in [0.15, 0.2) is 0 Å². The number of urea groups is 1. The summed E-state index contributed by atoms with van der Waals surface area (Å²) in [7, 11) is 3.68. The zero-order chi connectivity index (χ0) is 16.0. The van der Waals surface area contributed by atoms with Crippen molar-refractivity contribution in [1.82, 2.24) is 20.0 Å². The molecule has 2 amide bonds. The van der Waals surface area contributed by atoms with E-state index in [2.05, 4.69) is 24.3 Å². The minimum Gasteiger partial charge on any atom is -0.393 e. The number of hydrogen-bond acceptors (Lipinski definition) is 3. The Balaban J connectivity index is 2.64. The molecule has 0 spiro atoms. The summed E-state index contributed by atoms with van der Waals surface area (Å²) in [6, 6.07) is -0.122. The summed E-state index contributed by atoms with van der Waals surface area (Å²) in [6.45, 7) is 6.93. The van der Waals surface area contributed by atoms with Crippen molar-refractivity contribution in [2.75, 3.05) is 13.6 Å². The monoisotopic (exact) mass is 296 g/mol. The van der Waals surface area contributed by atoms with Crippen molar-refractivity contribution < 1.29 is 9.90 Å². The molecule has 1 heterocycles. The van der Waals surface area contributed by atoms with Crippen molar-refractivity contribution in [2.24, 2.45) is 7.05 Å². The average molecular weight is 296 g/mol. The van der Waals surface area contributed by atoms with Crippen LogP contribution in [0.3, 0.4) is 0 Å². The molecular weight excluding hydrogens is 268 g/mol. The van der Waals surface area contributed by atoms with Gasteiger partial charge in [-0.25, -0.2) is 4.79 Å². The second-order valence-corrected chi connectivity index (χ2v) is 5.42. The first-order chi connectivity index (χ1) is 9.90. The fraction of sp³-hybridized carbons (Fsp3) is 0.733. The molecule has 1 rings (SSSR count). The summed E-state index contributed by atoms with van der Waals surface area (Å²) in [6.07, 6.45) is 1.94. The third-order valence-corrected chi connectivity index (χ3v) is 3.67. The van der Waals surface area contributed by atoms with Crippen LogP contribution in [0.4, 0.5) is 4.79 Å². The lowest BCUT2D eigenvalue weighted by Gasteiger charge is -2.19. The molecule has 1 aromatic rings. The van der Waals surface area contributed by atoms with Crippen molar-refractivity contribution >= 4 is 6.03 Å². The molecule has 120 valence electrons. The molecule has 21 heavy (non-hydrogen) atoms. The molecule has 2 N–H and O–H groups in total. The van der Waals surface area contributed by atoms with Crippen molar-refractivity contribution in [2.45, 2.75) is 52.7 Å². The molecule has 0 saturated heterocycles. The van der Waals surface area contributed by atoms with E-state index in [1.807, 2.05) is 11.7 Å². The van der Waals surface area contributed by atoms with Crippen LogP contribution in [0.2, 0.25) is 0 Å². The minimum atomic E-state index is -0.392. The third kappa shape index (κ3) is 4.74.